The second-order valence-corrected chi connectivity index (χ2v) is 4.68. The SMILES string of the molecule is CC1=CCNC(c2ccc(Br)cc2)=CC1. The highest BCUT2D eigenvalue weighted by Crippen LogP contribution is 2.19. The van der Waals surface area contributed by atoms with E-state index in [4.69, 9.17) is 0 Å². The summed E-state index contributed by atoms with van der Waals surface area (Å²) in [5.41, 5.74) is 3.91. The molecule has 0 aromatic heterocycles. The minimum atomic E-state index is 0.924. The van der Waals surface area contributed by atoms with E-state index in [1.807, 2.05) is 0 Å². The Hall–Kier alpha value is -1.02. The van der Waals surface area contributed by atoms with Crippen molar-refractivity contribution in [2.75, 3.05) is 6.54 Å². The van der Waals surface area contributed by atoms with Crippen molar-refractivity contribution in [1.82, 2.24) is 5.32 Å². The minimum absolute atomic E-state index is 0.924. The van der Waals surface area contributed by atoms with Gasteiger partial charge in [-0.1, -0.05) is 45.8 Å². The fourth-order valence-corrected chi connectivity index (χ4v) is 1.87. The molecule has 1 nitrogen and oxygen atoms in total. The second kappa shape index (κ2) is 4.67. The van der Waals surface area contributed by atoms with Crippen molar-refractivity contribution in [1.29, 1.82) is 0 Å². The van der Waals surface area contributed by atoms with Crippen LogP contribution < -0.4 is 5.32 Å². The zero-order valence-corrected chi connectivity index (χ0v) is 10.3. The van der Waals surface area contributed by atoms with Gasteiger partial charge in [-0.2, -0.15) is 0 Å². The minimum Gasteiger partial charge on any atom is -0.381 e. The number of hydrogen-bond acceptors (Lipinski definition) is 1. The lowest BCUT2D eigenvalue weighted by molar-refractivity contribution is 1.01. The van der Waals surface area contributed by atoms with Crippen LogP contribution in [0.3, 0.4) is 0 Å². The maximum atomic E-state index is 3.44. The van der Waals surface area contributed by atoms with Gasteiger partial charge in [0.05, 0.1) is 0 Å². The third-order valence-corrected chi connectivity index (χ3v) is 3.06. The Morgan fingerprint density at radius 3 is 2.60 bits per heavy atom. The van der Waals surface area contributed by atoms with Crippen LogP contribution in [0.1, 0.15) is 18.9 Å². The van der Waals surface area contributed by atoms with Gasteiger partial charge in [0.1, 0.15) is 0 Å². The summed E-state index contributed by atoms with van der Waals surface area (Å²) in [4.78, 5) is 0. The maximum absolute atomic E-state index is 3.44. The van der Waals surface area contributed by atoms with E-state index in [9.17, 15) is 0 Å². The normalized spacial score (nSPS) is 16.1. The third kappa shape index (κ3) is 2.72. The highest BCUT2D eigenvalue weighted by atomic mass is 79.9. The molecule has 0 spiro atoms. The van der Waals surface area contributed by atoms with Crippen LogP contribution in [-0.4, -0.2) is 6.54 Å². The van der Waals surface area contributed by atoms with Gasteiger partial charge in [-0.05, 0) is 31.0 Å². The van der Waals surface area contributed by atoms with Gasteiger partial charge < -0.3 is 5.32 Å². The van der Waals surface area contributed by atoms with E-state index < -0.39 is 0 Å². The molecule has 1 heterocycles. The summed E-state index contributed by atoms with van der Waals surface area (Å²) in [6.45, 7) is 3.09. The van der Waals surface area contributed by atoms with Crippen LogP contribution in [0.15, 0.2) is 46.5 Å². The monoisotopic (exact) mass is 263 g/mol. The fourth-order valence-electron chi connectivity index (χ4n) is 1.60. The summed E-state index contributed by atoms with van der Waals surface area (Å²) in [7, 11) is 0. The molecule has 1 N–H and O–H groups in total. The molecule has 0 bridgehead atoms. The molecule has 0 aliphatic carbocycles. The van der Waals surface area contributed by atoms with E-state index in [-0.39, 0.29) is 0 Å². The molecule has 0 unspecified atom stereocenters. The number of benzene rings is 1. The number of hydrogen-bond donors (Lipinski definition) is 1. The average molecular weight is 264 g/mol. The zero-order chi connectivity index (χ0) is 10.7. The van der Waals surface area contributed by atoms with Crippen LogP contribution in [-0.2, 0) is 0 Å². The summed E-state index contributed by atoms with van der Waals surface area (Å²) < 4.78 is 1.12. The van der Waals surface area contributed by atoms with E-state index in [0.717, 1.165) is 17.4 Å². The molecule has 0 saturated carbocycles. The molecule has 0 amide bonds. The molecule has 0 saturated heterocycles. The van der Waals surface area contributed by atoms with E-state index in [2.05, 4.69) is 64.6 Å². The third-order valence-electron chi connectivity index (χ3n) is 2.53. The Kier molecular flexibility index (Phi) is 3.27. The highest BCUT2D eigenvalue weighted by molar-refractivity contribution is 9.10. The zero-order valence-electron chi connectivity index (χ0n) is 8.76. The Morgan fingerprint density at radius 2 is 1.87 bits per heavy atom. The Morgan fingerprint density at radius 1 is 1.13 bits per heavy atom. The lowest BCUT2D eigenvalue weighted by Gasteiger charge is -2.08. The fraction of sp³-hybridized carbons (Fsp3) is 0.231. The van der Waals surface area contributed by atoms with Crippen LogP contribution in [0.2, 0.25) is 0 Å². The van der Waals surface area contributed by atoms with Crippen molar-refractivity contribution in [2.24, 2.45) is 0 Å². The van der Waals surface area contributed by atoms with Crippen LogP contribution in [0.25, 0.3) is 5.70 Å². The van der Waals surface area contributed by atoms with Gasteiger partial charge in [-0.15, -0.1) is 0 Å². The van der Waals surface area contributed by atoms with Gasteiger partial charge in [-0.25, -0.2) is 0 Å². The second-order valence-electron chi connectivity index (χ2n) is 3.76. The van der Waals surface area contributed by atoms with Crippen molar-refractivity contribution in [3.05, 3.63) is 52.0 Å². The first kappa shape index (κ1) is 10.5. The predicted octanol–water partition coefficient (Wildman–Crippen LogP) is 3.73. The van der Waals surface area contributed by atoms with Crippen molar-refractivity contribution in [3.8, 4) is 0 Å². The average Bonchev–Trinajstić information content (AvgIpc) is 2.44. The van der Waals surface area contributed by atoms with Crippen molar-refractivity contribution in [2.45, 2.75) is 13.3 Å². The molecular formula is C13H14BrN. The van der Waals surface area contributed by atoms with Crippen LogP contribution in [0, 0.1) is 0 Å². The van der Waals surface area contributed by atoms with Crippen LogP contribution in [0.4, 0.5) is 0 Å². The molecule has 0 radical (unpaired) electrons. The quantitative estimate of drug-likeness (QED) is 0.762. The molecule has 1 aliphatic heterocycles. The van der Waals surface area contributed by atoms with Gasteiger partial charge >= 0.3 is 0 Å². The van der Waals surface area contributed by atoms with Gasteiger partial charge in [0, 0.05) is 16.7 Å². The maximum Gasteiger partial charge on any atom is 0.0378 e. The number of halogens is 1. The van der Waals surface area contributed by atoms with E-state index in [1.54, 1.807) is 0 Å². The molecule has 0 atom stereocenters. The molecule has 1 aliphatic rings. The standard InChI is InChI=1S/C13H14BrN/c1-10-2-7-13(15-9-8-10)11-3-5-12(14)6-4-11/h3-8,15H,2,9H2,1H3. The molecule has 0 fully saturated rings. The van der Waals surface area contributed by atoms with E-state index in [0.29, 0.717) is 0 Å². The molecule has 15 heavy (non-hydrogen) atoms. The van der Waals surface area contributed by atoms with Crippen LogP contribution in [0.5, 0.6) is 0 Å². The summed E-state index contributed by atoms with van der Waals surface area (Å²) in [5.74, 6) is 0. The summed E-state index contributed by atoms with van der Waals surface area (Å²) >= 11 is 3.44. The highest BCUT2D eigenvalue weighted by Gasteiger charge is 2.03. The number of allylic oxidation sites excluding steroid dienone is 2. The Labute approximate surface area is 99.0 Å². The van der Waals surface area contributed by atoms with Gasteiger partial charge in [0.15, 0.2) is 0 Å². The number of nitrogens with one attached hydrogen (secondary N) is 1. The van der Waals surface area contributed by atoms with E-state index in [1.165, 1.54) is 16.8 Å². The number of rotatable bonds is 1. The van der Waals surface area contributed by atoms with Crippen molar-refractivity contribution >= 4 is 21.6 Å². The molecule has 78 valence electrons. The Balaban J connectivity index is 2.21. The molecular weight excluding hydrogens is 250 g/mol. The largest absolute Gasteiger partial charge is 0.381 e. The van der Waals surface area contributed by atoms with Gasteiger partial charge in [0.25, 0.3) is 0 Å². The first-order valence-electron chi connectivity index (χ1n) is 5.11. The molecule has 1 aromatic carbocycles. The summed E-state index contributed by atoms with van der Waals surface area (Å²) in [6, 6.07) is 8.40. The van der Waals surface area contributed by atoms with Crippen LogP contribution >= 0.6 is 15.9 Å². The molecule has 2 rings (SSSR count). The first-order valence-corrected chi connectivity index (χ1v) is 5.90. The molecule has 2 heteroatoms. The van der Waals surface area contributed by atoms with Crippen molar-refractivity contribution < 1.29 is 0 Å². The lowest BCUT2D eigenvalue weighted by atomic mass is 10.1. The van der Waals surface area contributed by atoms with Gasteiger partial charge in [-0.3, -0.25) is 0 Å². The smallest absolute Gasteiger partial charge is 0.0378 e. The van der Waals surface area contributed by atoms with E-state index >= 15 is 0 Å². The lowest BCUT2D eigenvalue weighted by Crippen LogP contribution is -2.10. The van der Waals surface area contributed by atoms with Crippen molar-refractivity contribution in [3.63, 3.8) is 0 Å². The summed E-state index contributed by atoms with van der Waals surface area (Å²) in [5, 5.41) is 3.42. The topological polar surface area (TPSA) is 12.0 Å². The van der Waals surface area contributed by atoms with Gasteiger partial charge in [0.2, 0.25) is 0 Å². The molecule has 1 aromatic rings. The summed E-state index contributed by atoms with van der Waals surface area (Å²) in [6.07, 6.45) is 5.53. The Bertz CT molecular complexity index is 401. The predicted molar refractivity (Wildman–Crippen MR) is 68.5 cm³/mol. The first-order chi connectivity index (χ1) is 7.25.